The standard InChI is InChI=1S/C17H24ClN5O/c1-2-16-19-17(24)23(20-16)8-4-7-21-9-11-22(12-10-21)15-6-3-5-14(18)13-15/h3,5-6,13H,2,4,7-12H2,1H3,(H,19,20,24). The summed E-state index contributed by atoms with van der Waals surface area (Å²) in [6.45, 7) is 7.71. The van der Waals surface area contributed by atoms with Gasteiger partial charge in [-0.15, -0.1) is 0 Å². The Morgan fingerprint density at radius 3 is 2.67 bits per heavy atom. The van der Waals surface area contributed by atoms with E-state index in [-0.39, 0.29) is 5.69 Å². The molecule has 1 N–H and O–H groups in total. The second-order valence-electron chi connectivity index (χ2n) is 6.12. The van der Waals surface area contributed by atoms with Gasteiger partial charge in [-0.25, -0.2) is 9.48 Å². The van der Waals surface area contributed by atoms with Crippen LogP contribution in [0, 0.1) is 0 Å². The average Bonchev–Trinajstić information content (AvgIpc) is 2.96. The molecule has 0 unspecified atom stereocenters. The molecule has 24 heavy (non-hydrogen) atoms. The minimum Gasteiger partial charge on any atom is -0.369 e. The van der Waals surface area contributed by atoms with Crippen molar-refractivity contribution in [1.82, 2.24) is 19.7 Å². The molecule has 6 nitrogen and oxygen atoms in total. The van der Waals surface area contributed by atoms with E-state index in [1.54, 1.807) is 4.68 Å². The summed E-state index contributed by atoms with van der Waals surface area (Å²) in [5, 5.41) is 5.06. The zero-order valence-electron chi connectivity index (χ0n) is 14.0. The second-order valence-corrected chi connectivity index (χ2v) is 6.55. The van der Waals surface area contributed by atoms with Gasteiger partial charge < -0.3 is 4.90 Å². The first-order valence-corrected chi connectivity index (χ1v) is 8.92. The fourth-order valence-corrected chi connectivity index (χ4v) is 3.25. The van der Waals surface area contributed by atoms with Crippen molar-refractivity contribution >= 4 is 17.3 Å². The van der Waals surface area contributed by atoms with Gasteiger partial charge in [0.2, 0.25) is 0 Å². The lowest BCUT2D eigenvalue weighted by Gasteiger charge is -2.36. The predicted molar refractivity (Wildman–Crippen MR) is 96.9 cm³/mol. The van der Waals surface area contributed by atoms with Gasteiger partial charge in [0.1, 0.15) is 5.82 Å². The summed E-state index contributed by atoms with van der Waals surface area (Å²) in [6.07, 6.45) is 1.69. The second kappa shape index (κ2) is 7.85. The number of hydrogen-bond acceptors (Lipinski definition) is 4. The number of piperazine rings is 1. The Hall–Kier alpha value is -1.79. The lowest BCUT2D eigenvalue weighted by Crippen LogP contribution is -2.46. The van der Waals surface area contributed by atoms with Crippen molar-refractivity contribution in [2.75, 3.05) is 37.6 Å². The van der Waals surface area contributed by atoms with Gasteiger partial charge >= 0.3 is 5.69 Å². The van der Waals surface area contributed by atoms with Gasteiger partial charge in [0.25, 0.3) is 0 Å². The van der Waals surface area contributed by atoms with Crippen LogP contribution in [0.15, 0.2) is 29.1 Å². The average molecular weight is 350 g/mol. The number of nitrogens with one attached hydrogen (secondary N) is 1. The Balaban J connectivity index is 1.44. The Morgan fingerprint density at radius 1 is 1.21 bits per heavy atom. The summed E-state index contributed by atoms with van der Waals surface area (Å²) < 4.78 is 1.54. The van der Waals surface area contributed by atoms with Crippen LogP contribution in [0.1, 0.15) is 19.2 Å². The molecule has 1 saturated heterocycles. The highest BCUT2D eigenvalue weighted by Gasteiger charge is 2.17. The van der Waals surface area contributed by atoms with E-state index >= 15 is 0 Å². The molecule has 0 aliphatic carbocycles. The molecule has 0 atom stereocenters. The number of hydrogen-bond donors (Lipinski definition) is 1. The number of rotatable bonds is 6. The fourth-order valence-electron chi connectivity index (χ4n) is 3.06. The molecule has 1 fully saturated rings. The topological polar surface area (TPSA) is 57.2 Å². The smallest absolute Gasteiger partial charge is 0.343 e. The molecule has 7 heteroatoms. The van der Waals surface area contributed by atoms with Gasteiger partial charge in [-0.05, 0) is 24.6 Å². The Morgan fingerprint density at radius 2 is 2.00 bits per heavy atom. The minimum atomic E-state index is -0.0994. The molecule has 2 heterocycles. The van der Waals surface area contributed by atoms with E-state index in [0.717, 1.165) is 56.4 Å². The van der Waals surface area contributed by atoms with Gasteiger partial charge in [-0.3, -0.25) is 9.88 Å². The van der Waals surface area contributed by atoms with Crippen LogP contribution < -0.4 is 10.6 Å². The number of nitrogens with zero attached hydrogens (tertiary/aromatic N) is 4. The Labute approximate surface area is 147 Å². The van der Waals surface area contributed by atoms with Crippen LogP contribution in [0.25, 0.3) is 0 Å². The molecule has 0 saturated carbocycles. The van der Waals surface area contributed by atoms with Crippen molar-refractivity contribution in [2.45, 2.75) is 26.3 Å². The summed E-state index contributed by atoms with van der Waals surface area (Å²) in [5.74, 6) is 0.759. The zero-order chi connectivity index (χ0) is 16.9. The Kier molecular flexibility index (Phi) is 5.58. The fraction of sp³-hybridized carbons (Fsp3) is 0.529. The number of aryl methyl sites for hydroxylation is 2. The monoisotopic (exact) mass is 349 g/mol. The van der Waals surface area contributed by atoms with Crippen molar-refractivity contribution in [3.05, 3.63) is 45.6 Å². The molecule has 0 spiro atoms. The molecule has 1 aliphatic rings. The van der Waals surface area contributed by atoms with E-state index in [0.29, 0.717) is 6.54 Å². The lowest BCUT2D eigenvalue weighted by atomic mass is 10.2. The highest BCUT2D eigenvalue weighted by atomic mass is 35.5. The maximum atomic E-state index is 11.7. The number of anilines is 1. The summed E-state index contributed by atoms with van der Waals surface area (Å²) in [4.78, 5) is 19.3. The molecule has 0 bridgehead atoms. The Bertz CT molecular complexity index is 718. The number of H-pyrrole nitrogens is 1. The molecule has 0 radical (unpaired) electrons. The largest absolute Gasteiger partial charge is 0.369 e. The molecular formula is C17H24ClN5O. The summed E-state index contributed by atoms with van der Waals surface area (Å²) >= 11 is 6.07. The minimum absolute atomic E-state index is 0.0994. The number of benzene rings is 1. The van der Waals surface area contributed by atoms with E-state index in [4.69, 9.17) is 11.6 Å². The highest BCUT2D eigenvalue weighted by Crippen LogP contribution is 2.20. The lowest BCUT2D eigenvalue weighted by molar-refractivity contribution is 0.248. The number of aromatic amines is 1. The maximum absolute atomic E-state index is 11.7. The van der Waals surface area contributed by atoms with Crippen LogP contribution in [0.4, 0.5) is 5.69 Å². The molecular weight excluding hydrogens is 326 g/mol. The van der Waals surface area contributed by atoms with E-state index in [9.17, 15) is 4.79 Å². The highest BCUT2D eigenvalue weighted by molar-refractivity contribution is 6.30. The van der Waals surface area contributed by atoms with E-state index in [1.807, 2.05) is 25.1 Å². The van der Waals surface area contributed by atoms with Crippen LogP contribution in [0.5, 0.6) is 0 Å². The van der Waals surface area contributed by atoms with Crippen LogP contribution in [0.2, 0.25) is 5.02 Å². The molecule has 1 aliphatic heterocycles. The number of aromatic nitrogens is 3. The van der Waals surface area contributed by atoms with Crippen molar-refractivity contribution in [1.29, 1.82) is 0 Å². The normalized spacial score (nSPS) is 15.8. The first-order valence-electron chi connectivity index (χ1n) is 8.54. The quantitative estimate of drug-likeness (QED) is 0.866. The SMILES string of the molecule is CCc1nn(CCCN2CCN(c3cccc(Cl)c3)CC2)c(=O)[nH]1. The van der Waals surface area contributed by atoms with Crippen molar-refractivity contribution < 1.29 is 0 Å². The van der Waals surface area contributed by atoms with Crippen LogP contribution in [-0.4, -0.2) is 52.4 Å². The van der Waals surface area contributed by atoms with Gasteiger partial charge in [-0.1, -0.05) is 24.6 Å². The first-order chi connectivity index (χ1) is 11.7. The summed E-state index contributed by atoms with van der Waals surface area (Å²) in [6, 6.07) is 8.03. The number of halogens is 1. The van der Waals surface area contributed by atoms with E-state index in [2.05, 4.69) is 25.9 Å². The van der Waals surface area contributed by atoms with Crippen molar-refractivity contribution in [3.63, 3.8) is 0 Å². The van der Waals surface area contributed by atoms with Crippen molar-refractivity contribution in [2.24, 2.45) is 0 Å². The third-order valence-electron chi connectivity index (χ3n) is 4.45. The van der Waals surface area contributed by atoms with E-state index < -0.39 is 0 Å². The molecule has 3 rings (SSSR count). The van der Waals surface area contributed by atoms with Crippen LogP contribution in [-0.2, 0) is 13.0 Å². The van der Waals surface area contributed by atoms with E-state index in [1.165, 1.54) is 5.69 Å². The maximum Gasteiger partial charge on any atom is 0.343 e. The van der Waals surface area contributed by atoms with Gasteiger partial charge in [0.15, 0.2) is 0 Å². The van der Waals surface area contributed by atoms with Gasteiger partial charge in [-0.2, -0.15) is 5.10 Å². The third-order valence-corrected chi connectivity index (χ3v) is 4.69. The molecule has 2 aromatic rings. The third kappa shape index (κ3) is 4.19. The molecule has 130 valence electrons. The van der Waals surface area contributed by atoms with Crippen LogP contribution >= 0.6 is 11.6 Å². The molecule has 0 amide bonds. The molecule has 1 aromatic heterocycles. The van der Waals surface area contributed by atoms with Crippen LogP contribution in [0.3, 0.4) is 0 Å². The molecule has 1 aromatic carbocycles. The predicted octanol–water partition coefficient (Wildman–Crippen LogP) is 2.00. The first kappa shape index (κ1) is 17.0. The van der Waals surface area contributed by atoms with Crippen molar-refractivity contribution in [3.8, 4) is 0 Å². The van der Waals surface area contributed by atoms with Gasteiger partial charge in [0, 0.05) is 56.4 Å². The van der Waals surface area contributed by atoms with Gasteiger partial charge in [0.05, 0.1) is 0 Å². The zero-order valence-corrected chi connectivity index (χ0v) is 14.8. The summed E-state index contributed by atoms with van der Waals surface area (Å²) in [5.41, 5.74) is 1.09. The summed E-state index contributed by atoms with van der Waals surface area (Å²) in [7, 11) is 0.